The third-order valence-electron chi connectivity index (χ3n) is 2.25. The Balaban J connectivity index is 2.57. The van der Waals surface area contributed by atoms with Crippen molar-refractivity contribution in [3.63, 3.8) is 0 Å². The molecule has 3 nitrogen and oxygen atoms in total. The number of methoxy groups -OCH3 is 1. The zero-order valence-corrected chi connectivity index (χ0v) is 8.65. The van der Waals surface area contributed by atoms with Gasteiger partial charge in [0.2, 0.25) is 0 Å². The third-order valence-corrected chi connectivity index (χ3v) is 2.25. The van der Waals surface area contributed by atoms with Gasteiger partial charge in [0.1, 0.15) is 0 Å². The number of ether oxygens (including phenoxy) is 1. The summed E-state index contributed by atoms with van der Waals surface area (Å²) in [6.45, 7) is 1.94. The van der Waals surface area contributed by atoms with Gasteiger partial charge in [-0.05, 0) is 31.2 Å². The van der Waals surface area contributed by atoms with Crippen LogP contribution in [0.15, 0.2) is 30.3 Å². The van der Waals surface area contributed by atoms with E-state index in [1.54, 1.807) is 12.1 Å². The smallest absolute Gasteiger partial charge is 0.337 e. The van der Waals surface area contributed by atoms with Gasteiger partial charge in [-0.3, -0.25) is 4.98 Å². The van der Waals surface area contributed by atoms with Gasteiger partial charge < -0.3 is 4.74 Å². The van der Waals surface area contributed by atoms with Crippen LogP contribution in [0.3, 0.4) is 0 Å². The minimum absolute atomic E-state index is 0.322. The van der Waals surface area contributed by atoms with Gasteiger partial charge in [-0.2, -0.15) is 0 Å². The molecular formula is C12H11NO2. The Kier molecular flexibility index (Phi) is 2.37. The predicted octanol–water partition coefficient (Wildman–Crippen LogP) is 2.33. The lowest BCUT2D eigenvalue weighted by Crippen LogP contribution is -2.00. The third kappa shape index (κ3) is 1.81. The van der Waals surface area contributed by atoms with Crippen LogP contribution in [0.1, 0.15) is 16.1 Å². The summed E-state index contributed by atoms with van der Waals surface area (Å²) >= 11 is 0. The van der Waals surface area contributed by atoms with Crippen LogP contribution in [0, 0.1) is 6.92 Å². The van der Waals surface area contributed by atoms with Crippen molar-refractivity contribution >= 4 is 16.9 Å². The summed E-state index contributed by atoms with van der Waals surface area (Å²) < 4.78 is 4.65. The maximum atomic E-state index is 11.3. The highest BCUT2D eigenvalue weighted by Crippen LogP contribution is 2.15. The van der Waals surface area contributed by atoms with Crippen molar-refractivity contribution in [2.75, 3.05) is 7.11 Å². The van der Waals surface area contributed by atoms with Gasteiger partial charge >= 0.3 is 5.97 Å². The molecule has 0 aliphatic carbocycles. The number of pyridine rings is 1. The highest BCUT2D eigenvalue weighted by molar-refractivity contribution is 5.94. The fourth-order valence-corrected chi connectivity index (χ4v) is 1.47. The van der Waals surface area contributed by atoms with E-state index in [1.165, 1.54) is 7.11 Å². The summed E-state index contributed by atoms with van der Waals surface area (Å²) in [6.07, 6.45) is 0. The highest BCUT2D eigenvalue weighted by atomic mass is 16.5. The van der Waals surface area contributed by atoms with E-state index in [9.17, 15) is 4.79 Å². The van der Waals surface area contributed by atoms with Crippen LogP contribution in [0.2, 0.25) is 0 Å². The Morgan fingerprint density at radius 3 is 2.80 bits per heavy atom. The van der Waals surface area contributed by atoms with E-state index in [2.05, 4.69) is 9.72 Å². The fourth-order valence-electron chi connectivity index (χ4n) is 1.47. The van der Waals surface area contributed by atoms with Crippen molar-refractivity contribution in [1.29, 1.82) is 0 Å². The summed E-state index contributed by atoms with van der Waals surface area (Å²) in [5.74, 6) is -0.322. The monoisotopic (exact) mass is 201 g/mol. The molecule has 0 N–H and O–H groups in total. The van der Waals surface area contributed by atoms with E-state index in [-0.39, 0.29) is 5.97 Å². The second-order valence-electron chi connectivity index (χ2n) is 3.35. The van der Waals surface area contributed by atoms with Gasteiger partial charge in [-0.1, -0.05) is 6.07 Å². The minimum Gasteiger partial charge on any atom is -0.465 e. The van der Waals surface area contributed by atoms with Crippen LogP contribution >= 0.6 is 0 Å². The number of rotatable bonds is 1. The molecule has 0 saturated heterocycles. The average Bonchev–Trinajstić information content (AvgIpc) is 2.27. The predicted molar refractivity (Wildman–Crippen MR) is 57.8 cm³/mol. The number of nitrogens with zero attached hydrogens (tertiary/aromatic N) is 1. The Hall–Kier alpha value is -1.90. The Labute approximate surface area is 87.7 Å². The van der Waals surface area contributed by atoms with Gasteiger partial charge in [0.15, 0.2) is 0 Å². The maximum absolute atomic E-state index is 11.3. The van der Waals surface area contributed by atoms with E-state index in [0.717, 1.165) is 16.6 Å². The first-order chi connectivity index (χ1) is 7.20. The molecule has 0 radical (unpaired) electrons. The van der Waals surface area contributed by atoms with Gasteiger partial charge in [-0.25, -0.2) is 4.79 Å². The Bertz CT molecular complexity index is 520. The van der Waals surface area contributed by atoms with Crippen LogP contribution < -0.4 is 0 Å². The topological polar surface area (TPSA) is 39.2 Å². The van der Waals surface area contributed by atoms with E-state index in [1.807, 2.05) is 25.1 Å². The first-order valence-electron chi connectivity index (χ1n) is 4.66. The molecule has 0 aliphatic heterocycles. The number of carbonyl (C=O) groups excluding carboxylic acids is 1. The van der Waals surface area contributed by atoms with Gasteiger partial charge in [-0.15, -0.1) is 0 Å². The molecule has 2 rings (SSSR count). The standard InChI is InChI=1S/C12H11NO2/c1-8-3-4-9-7-10(12(14)15-2)5-6-11(9)13-8/h3-7H,1-2H3. The van der Waals surface area contributed by atoms with E-state index < -0.39 is 0 Å². The summed E-state index contributed by atoms with van der Waals surface area (Å²) in [7, 11) is 1.37. The van der Waals surface area contributed by atoms with Crippen LogP contribution in [0.5, 0.6) is 0 Å². The molecule has 1 aromatic heterocycles. The van der Waals surface area contributed by atoms with Gasteiger partial charge in [0.25, 0.3) is 0 Å². The van der Waals surface area contributed by atoms with Crippen LogP contribution in [0.25, 0.3) is 10.9 Å². The number of hydrogen-bond donors (Lipinski definition) is 0. The lowest BCUT2D eigenvalue weighted by Gasteiger charge is -2.02. The van der Waals surface area contributed by atoms with Crippen molar-refractivity contribution in [2.45, 2.75) is 6.92 Å². The molecule has 15 heavy (non-hydrogen) atoms. The second-order valence-corrected chi connectivity index (χ2v) is 3.35. The molecule has 0 spiro atoms. The zero-order valence-electron chi connectivity index (χ0n) is 8.65. The molecule has 0 fully saturated rings. The molecule has 0 bridgehead atoms. The largest absolute Gasteiger partial charge is 0.465 e. The first-order valence-corrected chi connectivity index (χ1v) is 4.66. The van der Waals surface area contributed by atoms with Crippen molar-refractivity contribution in [2.24, 2.45) is 0 Å². The van der Waals surface area contributed by atoms with Crippen LogP contribution in [0.4, 0.5) is 0 Å². The zero-order chi connectivity index (χ0) is 10.8. The summed E-state index contributed by atoms with van der Waals surface area (Å²) in [4.78, 5) is 15.6. The number of aromatic nitrogens is 1. The minimum atomic E-state index is -0.322. The lowest BCUT2D eigenvalue weighted by atomic mass is 10.1. The number of hydrogen-bond acceptors (Lipinski definition) is 3. The van der Waals surface area contributed by atoms with Gasteiger partial charge in [0, 0.05) is 11.1 Å². The quantitative estimate of drug-likeness (QED) is 0.665. The Morgan fingerprint density at radius 2 is 2.07 bits per heavy atom. The second kappa shape index (κ2) is 3.69. The number of benzene rings is 1. The molecule has 76 valence electrons. The van der Waals surface area contributed by atoms with Crippen molar-refractivity contribution < 1.29 is 9.53 Å². The molecule has 0 amide bonds. The molecular weight excluding hydrogens is 190 g/mol. The van der Waals surface area contributed by atoms with E-state index in [4.69, 9.17) is 0 Å². The van der Waals surface area contributed by atoms with Gasteiger partial charge in [0.05, 0.1) is 18.2 Å². The van der Waals surface area contributed by atoms with E-state index >= 15 is 0 Å². The van der Waals surface area contributed by atoms with Crippen molar-refractivity contribution in [3.8, 4) is 0 Å². The van der Waals surface area contributed by atoms with Crippen molar-refractivity contribution in [1.82, 2.24) is 4.98 Å². The molecule has 0 unspecified atom stereocenters. The molecule has 3 heteroatoms. The number of fused-ring (bicyclic) bond motifs is 1. The molecule has 1 heterocycles. The van der Waals surface area contributed by atoms with E-state index in [0.29, 0.717) is 5.56 Å². The molecule has 2 aromatic rings. The number of aryl methyl sites for hydroxylation is 1. The summed E-state index contributed by atoms with van der Waals surface area (Å²) in [5.41, 5.74) is 2.41. The normalized spacial score (nSPS) is 10.3. The number of esters is 1. The summed E-state index contributed by atoms with van der Waals surface area (Å²) in [6, 6.07) is 9.20. The average molecular weight is 201 g/mol. The highest BCUT2D eigenvalue weighted by Gasteiger charge is 2.05. The molecule has 0 aliphatic rings. The van der Waals surface area contributed by atoms with Crippen molar-refractivity contribution in [3.05, 3.63) is 41.6 Å². The first kappa shape index (κ1) is 9.65. The SMILES string of the molecule is COC(=O)c1ccc2nc(C)ccc2c1. The lowest BCUT2D eigenvalue weighted by molar-refractivity contribution is 0.0601. The summed E-state index contributed by atoms with van der Waals surface area (Å²) in [5, 5.41) is 0.948. The number of carbonyl (C=O) groups is 1. The molecule has 0 saturated carbocycles. The fraction of sp³-hybridized carbons (Fsp3) is 0.167. The van der Waals surface area contributed by atoms with Crippen LogP contribution in [-0.2, 0) is 4.74 Å². The molecule has 0 atom stereocenters. The maximum Gasteiger partial charge on any atom is 0.337 e. The molecule has 1 aromatic carbocycles. The Morgan fingerprint density at radius 1 is 1.27 bits per heavy atom. The van der Waals surface area contributed by atoms with Crippen LogP contribution in [-0.4, -0.2) is 18.1 Å².